The summed E-state index contributed by atoms with van der Waals surface area (Å²) in [6.07, 6.45) is 43.2. The summed E-state index contributed by atoms with van der Waals surface area (Å²) in [5.41, 5.74) is 13.4. The number of hydroxylamine groups is 2. The van der Waals surface area contributed by atoms with Gasteiger partial charge in [-0.3, -0.25) is 108 Å². The molecule has 9 heterocycles. The van der Waals surface area contributed by atoms with Gasteiger partial charge in [-0.1, -0.05) is 48.5 Å². The number of carbonyl (C=O) groups is 12. The number of aliphatic hydroxyl groups is 3. The zero-order chi connectivity index (χ0) is 104. The second-order valence-corrected chi connectivity index (χ2v) is 30.0. The number of aliphatic carboxylic acids is 2. The molecular formula is C101H115N11O25. The Morgan fingerprint density at radius 3 is 0.796 bits per heavy atom. The number of methoxy groups -OCH3 is 2. The van der Waals surface area contributed by atoms with Gasteiger partial charge in [0.25, 0.3) is 11.8 Å². The highest BCUT2D eigenvalue weighted by Crippen LogP contribution is 2.27. The molecule has 9 rings (SSSR count). The molecule has 0 fully saturated rings. The van der Waals surface area contributed by atoms with Crippen molar-refractivity contribution in [2.45, 2.75) is 141 Å². The number of carboxylic acid groups (broad SMARTS) is 2. The number of allylic oxidation sites excluding steroid dienone is 5. The number of pyridine rings is 9. The summed E-state index contributed by atoms with van der Waals surface area (Å²) < 4.78 is 9.55. The van der Waals surface area contributed by atoms with Crippen LogP contribution in [0.2, 0.25) is 0 Å². The van der Waals surface area contributed by atoms with Crippen molar-refractivity contribution in [3.05, 3.63) is 316 Å². The molecule has 9 aromatic rings. The minimum Gasteiger partial charge on any atom is -0.481 e. The lowest BCUT2D eigenvalue weighted by atomic mass is 9.86. The van der Waals surface area contributed by atoms with Crippen LogP contribution in [-0.4, -0.2) is 178 Å². The van der Waals surface area contributed by atoms with Crippen LogP contribution in [-0.2, 0) is 120 Å². The molecule has 0 aliphatic rings. The number of aliphatic hydroxyl groups excluding tert-OH is 3. The molecule has 0 unspecified atom stereocenters. The molecule has 9 N–H and O–H groups in total. The molecule has 0 aliphatic heterocycles. The Kier molecular flexibility index (Phi) is 64.8. The summed E-state index contributed by atoms with van der Waals surface area (Å²) in [7, 11) is 2.79. The molecule has 0 radical (unpaired) electrons. The normalized spacial score (nSPS) is 10.5. The number of aromatic nitrogens is 9. The van der Waals surface area contributed by atoms with Gasteiger partial charge in [0, 0.05) is 85.3 Å². The fraction of sp³-hybridized carbons (Fsp3) is 0.257. The van der Waals surface area contributed by atoms with Gasteiger partial charge in [0.2, 0.25) is 0 Å². The van der Waals surface area contributed by atoms with E-state index in [0.29, 0.717) is 77.4 Å². The van der Waals surface area contributed by atoms with Crippen molar-refractivity contribution in [3.8, 4) is 0 Å². The maximum Gasteiger partial charge on any atom is 0.373 e. The van der Waals surface area contributed by atoms with Gasteiger partial charge in [0.15, 0.2) is 35.2 Å². The van der Waals surface area contributed by atoms with Gasteiger partial charge in [-0.05, 0) is 307 Å². The number of carboxylic acids is 2. The molecule has 2 amide bonds. The Labute approximate surface area is 793 Å². The van der Waals surface area contributed by atoms with Gasteiger partial charge >= 0.3 is 36.2 Å². The number of hydrogen-bond donors (Lipinski definition) is 9. The minimum atomic E-state index is -1.01. The molecule has 36 heteroatoms. The predicted octanol–water partition coefficient (Wildman–Crippen LogP) is 12.6. The van der Waals surface area contributed by atoms with Crippen LogP contribution in [0.3, 0.4) is 0 Å². The van der Waals surface area contributed by atoms with Crippen molar-refractivity contribution in [2.75, 3.05) is 14.2 Å². The van der Waals surface area contributed by atoms with E-state index in [1.807, 2.05) is 95.3 Å². The molecule has 137 heavy (non-hydrogen) atoms. The summed E-state index contributed by atoms with van der Waals surface area (Å²) in [5.74, 6) is -3.50. The van der Waals surface area contributed by atoms with Gasteiger partial charge < -0.3 is 35.0 Å². The third-order valence-electron chi connectivity index (χ3n) is 17.1. The van der Waals surface area contributed by atoms with Gasteiger partial charge in [-0.25, -0.2) is 15.8 Å². The fourth-order valence-electron chi connectivity index (χ4n) is 9.24. The third kappa shape index (κ3) is 63.4. The van der Waals surface area contributed by atoms with Crippen LogP contribution in [0.5, 0.6) is 0 Å². The number of carbonyl (C=O) groups excluding carboxylic acids is 14. The van der Waals surface area contributed by atoms with E-state index < -0.39 is 40.0 Å². The molecule has 724 valence electrons. The zero-order valence-electron chi connectivity index (χ0n) is 78.4. The average Bonchev–Trinajstić information content (AvgIpc) is 0.870. The standard InChI is InChI=1S/C16H21NO3.C15H20N2O4.C14H18N2O4.2C10H11NO2.C10H9NO2.C9H9NO3.C9H9NO.C6H7N.2CO2/c1-12(18)5-7-14-8-6-13(11-17-14)9-10-16(2,3)15(19)20-4;1-15(2,14(19)21-3)9-8-11-4-5-12(16-10-11)6-7-13(18)17-20;1-14(2,13(18)19)8-7-10-3-4-11(15-9-10)5-6-12(17)16-20;3*1-8(13)2-4-10-5-3-9(7-12)6-11-10;11-6-7-1-2-8(10-5-7)3-4-9(12)13;1-8(11)5-6-9-4-2-3-7-10-9;1-6-4-2-3-5-7-6;2*2-1-3/h5-8,11H,9-10H2,1-4H3;4-7,10,20H,8-9H2,1-3H3,(H,17,18);3-6,9,20H,7-8H2,1-2H3,(H,16,17)(H,18,19);2*2-6,12H,7H2,1H3;2-7H,1H3;1-5,11H,6H2,(H,12,13);2-7H,1H3;2-5H,1H3;;/b7-5+;7-6+;6-5+;3*4-2+;4-3+;6-5+;;;. The van der Waals surface area contributed by atoms with Crippen LogP contribution < -0.4 is 11.0 Å². The largest absolute Gasteiger partial charge is 0.481 e. The predicted molar refractivity (Wildman–Crippen MR) is 507 cm³/mol. The number of aryl methyl sites for hydroxylation is 4. The van der Waals surface area contributed by atoms with E-state index in [0.717, 1.165) is 69.8 Å². The molecule has 0 bridgehead atoms. The quantitative estimate of drug-likeness (QED) is 0.00621. The summed E-state index contributed by atoms with van der Waals surface area (Å²) >= 11 is 0. The Morgan fingerprint density at radius 2 is 0.599 bits per heavy atom. The number of hydrogen-bond acceptors (Lipinski definition) is 32. The topological polar surface area (TPSA) is 573 Å². The van der Waals surface area contributed by atoms with Gasteiger partial charge in [-0.2, -0.15) is 19.2 Å². The molecule has 0 aromatic carbocycles. The third-order valence-corrected chi connectivity index (χ3v) is 17.1. The Bertz CT molecular complexity index is 5330. The lowest BCUT2D eigenvalue weighted by Gasteiger charge is -2.21. The molecule has 0 atom stereocenters. The first-order chi connectivity index (χ1) is 65.0. The Hall–Kier alpha value is -16.3. The van der Waals surface area contributed by atoms with E-state index in [-0.39, 0.29) is 73.0 Å². The van der Waals surface area contributed by atoms with E-state index in [9.17, 15) is 57.5 Å². The van der Waals surface area contributed by atoms with Crippen LogP contribution in [0.15, 0.2) is 226 Å². The second-order valence-electron chi connectivity index (χ2n) is 30.0. The van der Waals surface area contributed by atoms with Crippen LogP contribution in [0.25, 0.3) is 48.6 Å². The smallest absolute Gasteiger partial charge is 0.373 e. The Morgan fingerprint density at radius 1 is 0.343 bits per heavy atom. The molecule has 0 saturated heterocycles. The molecule has 36 nitrogen and oxygen atoms in total. The first-order valence-corrected chi connectivity index (χ1v) is 41.2. The van der Waals surface area contributed by atoms with Gasteiger partial charge in [0.05, 0.1) is 95.8 Å². The summed E-state index contributed by atoms with van der Waals surface area (Å²) in [5, 5.41) is 60.2. The number of ether oxygens (including phenoxy) is 2. The fourth-order valence-corrected chi connectivity index (χ4v) is 9.24. The summed E-state index contributed by atoms with van der Waals surface area (Å²) in [4.78, 5) is 198. The van der Waals surface area contributed by atoms with Gasteiger partial charge in [0.1, 0.15) is 0 Å². The van der Waals surface area contributed by atoms with Crippen molar-refractivity contribution < 1.29 is 122 Å². The number of nitrogens with one attached hydrogen (secondary N) is 2. The SMILES string of the molecule is CC(=O)/C=C/c1ccc(C=O)cn1.CC(=O)/C=C/c1ccc(CO)cn1.CC(=O)/C=C/c1ccc(CO)cn1.CC(=O)/C=C/c1ccccn1.CC(C)(CCc1ccc(/C=C/C(=O)NO)nc1)C(=O)O.COC(=O)C(C)(C)CCc1ccc(/C=C/C(=O)NO)nc1.COC(=O)C(C)(C)CCc1ccc(/C=C/C(C)=O)nc1.Cc1ccccn1.O=C(O)/C=C/c1ccc(CO)cn1.O=C=O.O=C=O. The van der Waals surface area contributed by atoms with E-state index in [1.54, 1.807) is 148 Å². The lowest BCUT2D eigenvalue weighted by molar-refractivity contribution is -0.193. The number of nitrogens with zero attached hydrogens (tertiary/aromatic N) is 9. The zero-order valence-corrected chi connectivity index (χ0v) is 78.4. The lowest BCUT2D eigenvalue weighted by Crippen LogP contribution is -2.26. The molecule has 0 spiro atoms. The monoisotopic (exact) mass is 1880 g/mol. The maximum atomic E-state index is 11.6. The summed E-state index contributed by atoms with van der Waals surface area (Å²) in [6.45, 7) is 20.1. The van der Waals surface area contributed by atoms with Crippen molar-refractivity contribution >= 4 is 132 Å². The number of ketones is 5. The van der Waals surface area contributed by atoms with Crippen molar-refractivity contribution in [3.63, 3.8) is 0 Å². The molecular weight excluding hydrogens is 1770 g/mol. The van der Waals surface area contributed by atoms with E-state index in [4.69, 9.17) is 64.6 Å². The first-order valence-electron chi connectivity index (χ1n) is 41.2. The first kappa shape index (κ1) is 123. The van der Waals surface area contributed by atoms with Crippen molar-refractivity contribution in [1.29, 1.82) is 0 Å². The maximum absolute atomic E-state index is 11.6. The van der Waals surface area contributed by atoms with Crippen molar-refractivity contribution in [2.24, 2.45) is 16.2 Å². The molecule has 0 aliphatic carbocycles. The second kappa shape index (κ2) is 72.3. The highest BCUT2D eigenvalue weighted by atomic mass is 16.5. The van der Waals surface area contributed by atoms with Crippen LogP contribution in [0, 0.1) is 23.2 Å². The molecule has 9 aromatic heterocycles. The van der Waals surface area contributed by atoms with E-state index >= 15 is 0 Å². The molecule has 0 saturated carbocycles. The number of amides is 2. The van der Waals surface area contributed by atoms with Crippen molar-refractivity contribution in [1.82, 2.24) is 55.8 Å². The van der Waals surface area contributed by atoms with Gasteiger partial charge in [-0.15, -0.1) is 0 Å². The number of aldehydes is 1. The average molecular weight is 1880 g/mol. The number of rotatable bonds is 32. The highest BCUT2D eigenvalue weighted by Gasteiger charge is 2.30. The Balaban J connectivity index is 0. The highest BCUT2D eigenvalue weighted by molar-refractivity contribution is 5.94. The van der Waals surface area contributed by atoms with E-state index in [1.165, 1.54) is 127 Å². The van der Waals surface area contributed by atoms with E-state index in [2.05, 4.69) is 44.9 Å². The minimum absolute atomic E-state index is 0.00398. The van der Waals surface area contributed by atoms with Crippen LogP contribution in [0.4, 0.5) is 0 Å². The number of esters is 2. The van der Waals surface area contributed by atoms with Crippen LogP contribution >= 0.6 is 0 Å². The van der Waals surface area contributed by atoms with Crippen LogP contribution in [0.1, 0.15) is 190 Å². The summed E-state index contributed by atoms with van der Waals surface area (Å²) in [6, 6.07) is 36.2.